The van der Waals surface area contributed by atoms with E-state index in [-0.39, 0.29) is 5.71 Å². The number of rotatable bonds is 5. The Morgan fingerprint density at radius 3 is 2.63 bits per heavy atom. The highest BCUT2D eigenvalue weighted by Gasteiger charge is 2.26. The Morgan fingerprint density at radius 2 is 1.93 bits per heavy atom. The second-order valence-electron chi connectivity index (χ2n) is 6.25. The van der Waals surface area contributed by atoms with Crippen molar-refractivity contribution in [3.05, 3.63) is 65.0 Å². The number of hydrogen-bond acceptors (Lipinski definition) is 6. The van der Waals surface area contributed by atoms with Gasteiger partial charge in [0.05, 0.1) is 5.71 Å². The summed E-state index contributed by atoms with van der Waals surface area (Å²) in [5.41, 5.74) is 7.66. The van der Waals surface area contributed by atoms with Crippen LogP contribution in [0.2, 0.25) is 0 Å². The molecule has 0 aromatic heterocycles. The molecule has 0 bridgehead atoms. The maximum Gasteiger partial charge on any atom is 0.317 e. The van der Waals surface area contributed by atoms with Gasteiger partial charge < -0.3 is 30.8 Å². The maximum absolute atomic E-state index is 11.4. The highest BCUT2D eigenvalue weighted by atomic mass is 16.6. The van der Waals surface area contributed by atoms with Gasteiger partial charge in [-0.1, -0.05) is 18.2 Å². The Hall–Kier alpha value is -3.42. The van der Waals surface area contributed by atoms with Gasteiger partial charge in [0.25, 0.3) is 0 Å². The third-order valence-electron chi connectivity index (χ3n) is 4.21. The van der Waals surface area contributed by atoms with E-state index in [1.165, 1.54) is 0 Å². The van der Waals surface area contributed by atoms with Crippen molar-refractivity contribution in [2.45, 2.75) is 6.92 Å². The summed E-state index contributed by atoms with van der Waals surface area (Å²) in [6.07, 6.45) is 1.81. The van der Waals surface area contributed by atoms with Gasteiger partial charge in [-0.05, 0) is 25.1 Å². The Kier molecular flexibility index (Phi) is 5.35. The van der Waals surface area contributed by atoms with Crippen molar-refractivity contribution in [2.24, 2.45) is 5.73 Å². The summed E-state index contributed by atoms with van der Waals surface area (Å²) in [6.45, 7) is 3.24. The van der Waals surface area contributed by atoms with Crippen molar-refractivity contribution in [1.82, 2.24) is 10.2 Å². The zero-order chi connectivity index (χ0) is 19.4. The number of hydrogen-bond donors (Lipinski definition) is 4. The smallest absolute Gasteiger partial charge is 0.317 e. The van der Waals surface area contributed by atoms with Gasteiger partial charge in [0, 0.05) is 30.4 Å². The monoisotopic (exact) mass is 369 g/mol. The number of para-hydroxylation sites is 1. The number of carbonyl (C=O) groups excluding carboxylic acids is 1. The average molecular weight is 369 g/mol. The van der Waals surface area contributed by atoms with E-state index >= 15 is 0 Å². The summed E-state index contributed by atoms with van der Waals surface area (Å²) < 4.78 is 11.3. The van der Waals surface area contributed by atoms with E-state index < -0.39 is 6.03 Å². The molecule has 2 amide bonds. The minimum Gasteiger partial charge on any atom is -0.484 e. The van der Waals surface area contributed by atoms with Gasteiger partial charge in [-0.25, -0.2) is 4.79 Å². The number of nitrogens with zero attached hydrogens (tertiary/aromatic N) is 1. The average Bonchev–Trinajstić information content (AvgIpc) is 2.67. The molecule has 1 aromatic rings. The van der Waals surface area contributed by atoms with E-state index in [9.17, 15) is 4.79 Å². The molecule has 0 fully saturated rings. The van der Waals surface area contributed by atoms with Crippen molar-refractivity contribution in [2.75, 3.05) is 32.1 Å². The van der Waals surface area contributed by atoms with Crippen LogP contribution < -0.4 is 16.4 Å². The zero-order valence-electron chi connectivity index (χ0n) is 15.3. The molecule has 27 heavy (non-hydrogen) atoms. The molecule has 0 saturated heterocycles. The largest absolute Gasteiger partial charge is 0.484 e. The van der Waals surface area contributed by atoms with Crippen LogP contribution in [0.15, 0.2) is 65.0 Å². The lowest BCUT2D eigenvalue weighted by molar-refractivity contribution is 0.0250. The number of nitrogens with one attached hydrogen (secondary N) is 3. The molecule has 0 radical (unpaired) electrons. The van der Waals surface area contributed by atoms with Crippen molar-refractivity contribution < 1.29 is 14.3 Å². The van der Waals surface area contributed by atoms with Gasteiger partial charge >= 0.3 is 6.03 Å². The quantitative estimate of drug-likeness (QED) is 0.594. The fourth-order valence-electron chi connectivity index (χ4n) is 2.88. The van der Waals surface area contributed by atoms with Crippen LogP contribution in [-0.2, 0) is 9.47 Å². The molecule has 0 atom stereocenters. The number of likely N-dealkylation sites (N-methyl/N-ethyl adjacent to an activating group) is 1. The number of nitrogens with two attached hydrogens (primary N) is 1. The Bertz CT molecular complexity index is 842. The number of amides is 2. The predicted molar refractivity (Wildman–Crippen MR) is 103 cm³/mol. The van der Waals surface area contributed by atoms with E-state index in [1.807, 2.05) is 48.4 Å². The van der Waals surface area contributed by atoms with Crippen LogP contribution in [0, 0.1) is 5.41 Å². The van der Waals surface area contributed by atoms with Gasteiger partial charge in [0.1, 0.15) is 19.0 Å². The summed E-state index contributed by atoms with van der Waals surface area (Å²) >= 11 is 0. The lowest BCUT2D eigenvalue weighted by atomic mass is 10.0. The number of primary amides is 1. The molecule has 8 nitrogen and oxygen atoms in total. The first-order valence-corrected chi connectivity index (χ1v) is 8.56. The van der Waals surface area contributed by atoms with Gasteiger partial charge in [-0.2, -0.15) is 0 Å². The molecule has 5 N–H and O–H groups in total. The molecule has 142 valence electrons. The lowest BCUT2D eigenvalue weighted by Crippen LogP contribution is -2.35. The number of urea groups is 1. The van der Waals surface area contributed by atoms with Crippen LogP contribution in [-0.4, -0.2) is 43.4 Å². The topological polar surface area (TPSA) is 113 Å². The van der Waals surface area contributed by atoms with Crippen molar-refractivity contribution >= 4 is 17.4 Å². The Labute approximate surface area is 157 Å². The van der Waals surface area contributed by atoms with Gasteiger partial charge in [-0.15, -0.1) is 0 Å². The SMILES string of the molecule is C/C(C(=N)C1=CC2=C(OCCO2)N(C)C1)=C(\NC(N)=O)Nc1ccccc1. The molecule has 0 unspecified atom stereocenters. The van der Waals surface area contributed by atoms with Crippen LogP contribution in [0.25, 0.3) is 0 Å². The summed E-state index contributed by atoms with van der Waals surface area (Å²) in [5.74, 6) is 1.66. The maximum atomic E-state index is 11.4. The highest BCUT2D eigenvalue weighted by molar-refractivity contribution is 6.11. The van der Waals surface area contributed by atoms with Gasteiger partial charge in [0.2, 0.25) is 5.88 Å². The first-order valence-electron chi connectivity index (χ1n) is 8.56. The zero-order valence-corrected chi connectivity index (χ0v) is 15.3. The number of ether oxygens (including phenoxy) is 2. The number of benzene rings is 1. The summed E-state index contributed by atoms with van der Waals surface area (Å²) in [4.78, 5) is 13.3. The second kappa shape index (κ2) is 7.86. The van der Waals surface area contributed by atoms with E-state index in [0.29, 0.717) is 42.8 Å². The fraction of sp³-hybridized carbons (Fsp3) is 0.263. The van der Waals surface area contributed by atoms with Gasteiger partial charge in [0.15, 0.2) is 5.76 Å². The molecule has 0 aliphatic carbocycles. The van der Waals surface area contributed by atoms with Gasteiger partial charge in [-0.3, -0.25) is 5.32 Å². The highest BCUT2D eigenvalue weighted by Crippen LogP contribution is 2.26. The lowest BCUT2D eigenvalue weighted by Gasteiger charge is -2.32. The molecule has 0 saturated carbocycles. The first kappa shape index (κ1) is 18.4. The molecule has 8 heteroatoms. The normalized spacial score (nSPS) is 17.0. The van der Waals surface area contributed by atoms with E-state index in [0.717, 1.165) is 11.3 Å². The van der Waals surface area contributed by atoms with Crippen LogP contribution in [0.4, 0.5) is 10.5 Å². The summed E-state index contributed by atoms with van der Waals surface area (Å²) in [5, 5.41) is 14.3. The standard InChI is InChI=1S/C19H23N5O3/c1-12(17(23-19(21)25)22-14-6-4-3-5-7-14)16(20)13-10-15-18(24(2)11-13)27-9-8-26-15/h3-7,10,20,22H,8-9,11H2,1-2H3,(H3,21,23,25)/b17-12+,20-16?. The predicted octanol–water partition coefficient (Wildman–Crippen LogP) is 2.11. The molecule has 2 aliphatic rings. The number of allylic oxidation sites excluding steroid dienone is 2. The van der Waals surface area contributed by atoms with Crippen molar-refractivity contribution in [1.29, 1.82) is 5.41 Å². The van der Waals surface area contributed by atoms with E-state index in [4.69, 9.17) is 20.6 Å². The van der Waals surface area contributed by atoms with Crippen molar-refractivity contribution in [3.63, 3.8) is 0 Å². The third-order valence-corrected chi connectivity index (χ3v) is 4.21. The van der Waals surface area contributed by atoms with Crippen molar-refractivity contribution in [3.8, 4) is 0 Å². The molecule has 0 spiro atoms. The third kappa shape index (κ3) is 4.22. The van der Waals surface area contributed by atoms with Crippen LogP contribution in [0.3, 0.4) is 0 Å². The minimum absolute atomic E-state index is 0.273. The minimum atomic E-state index is -0.704. The molecule has 3 rings (SSSR count). The molecular formula is C19H23N5O3. The molecule has 2 heterocycles. The van der Waals surface area contributed by atoms with Crippen LogP contribution in [0.1, 0.15) is 6.92 Å². The van der Waals surface area contributed by atoms with E-state index in [1.54, 1.807) is 6.92 Å². The molecule has 1 aromatic carbocycles. The first-order chi connectivity index (χ1) is 13.0. The fourth-order valence-corrected chi connectivity index (χ4v) is 2.88. The van der Waals surface area contributed by atoms with E-state index in [2.05, 4.69) is 10.6 Å². The van der Waals surface area contributed by atoms with Crippen LogP contribution >= 0.6 is 0 Å². The second-order valence-corrected chi connectivity index (χ2v) is 6.25. The number of anilines is 1. The Morgan fingerprint density at radius 1 is 1.22 bits per heavy atom. The molecule has 2 aliphatic heterocycles. The number of carbonyl (C=O) groups is 1. The Balaban J connectivity index is 1.90. The summed E-state index contributed by atoms with van der Waals surface area (Å²) in [7, 11) is 1.88. The van der Waals surface area contributed by atoms with Crippen LogP contribution in [0.5, 0.6) is 0 Å². The molecular weight excluding hydrogens is 346 g/mol. The summed E-state index contributed by atoms with van der Waals surface area (Å²) in [6, 6.07) is 8.65.